The molecule has 2 aromatic carbocycles. The van der Waals surface area contributed by atoms with E-state index in [0.29, 0.717) is 10.7 Å². The van der Waals surface area contributed by atoms with E-state index in [-0.39, 0.29) is 28.7 Å². The highest BCUT2D eigenvalue weighted by Crippen LogP contribution is 2.34. The molecule has 6 nitrogen and oxygen atoms in total. The molecular weight excluding hydrogens is 382 g/mol. The van der Waals surface area contributed by atoms with E-state index >= 15 is 0 Å². The van der Waals surface area contributed by atoms with Crippen molar-refractivity contribution in [3.8, 4) is 0 Å². The van der Waals surface area contributed by atoms with E-state index in [9.17, 15) is 13.2 Å². The molecule has 2 aliphatic rings. The Morgan fingerprint density at radius 1 is 1.11 bits per heavy atom. The van der Waals surface area contributed by atoms with E-state index in [1.165, 1.54) is 11.8 Å². The number of aliphatic imine (C=N–C) groups is 1. The fourth-order valence-electron chi connectivity index (χ4n) is 3.12. The molecule has 0 bridgehead atoms. The summed E-state index contributed by atoms with van der Waals surface area (Å²) < 4.78 is 23.3. The summed E-state index contributed by atoms with van der Waals surface area (Å²) in [4.78, 5) is 17.0. The molecule has 0 saturated carbocycles. The van der Waals surface area contributed by atoms with Crippen LogP contribution in [-0.2, 0) is 9.84 Å². The van der Waals surface area contributed by atoms with Gasteiger partial charge in [-0.25, -0.2) is 8.42 Å². The highest BCUT2D eigenvalue weighted by atomic mass is 32.2. The summed E-state index contributed by atoms with van der Waals surface area (Å²) in [6.45, 7) is 1.99. The van der Waals surface area contributed by atoms with Crippen LogP contribution in [0, 0.1) is 6.92 Å². The summed E-state index contributed by atoms with van der Waals surface area (Å²) in [6, 6.07) is 14.6. The molecule has 0 aliphatic carbocycles. The summed E-state index contributed by atoms with van der Waals surface area (Å²) >= 11 is 1.46. The van der Waals surface area contributed by atoms with E-state index in [1.54, 1.807) is 18.2 Å². The van der Waals surface area contributed by atoms with Crippen LogP contribution in [0.4, 0.5) is 11.4 Å². The molecule has 2 aromatic rings. The van der Waals surface area contributed by atoms with Gasteiger partial charge in [0.25, 0.3) is 5.91 Å². The van der Waals surface area contributed by atoms with Gasteiger partial charge in [-0.05, 0) is 37.3 Å². The summed E-state index contributed by atoms with van der Waals surface area (Å²) in [5.74, 6) is 0.108. The van der Waals surface area contributed by atoms with Gasteiger partial charge in [0, 0.05) is 22.2 Å². The van der Waals surface area contributed by atoms with Crippen LogP contribution in [0.1, 0.15) is 15.9 Å². The van der Waals surface area contributed by atoms with E-state index < -0.39 is 9.84 Å². The highest BCUT2D eigenvalue weighted by molar-refractivity contribution is 8.15. The van der Waals surface area contributed by atoms with Crippen molar-refractivity contribution in [2.75, 3.05) is 22.1 Å². The Morgan fingerprint density at radius 3 is 2.63 bits per heavy atom. The molecule has 1 fully saturated rings. The normalized spacial score (nSPS) is 22.8. The minimum absolute atomic E-state index is 0.00878. The molecule has 4 rings (SSSR count). The van der Waals surface area contributed by atoms with E-state index in [1.807, 2.05) is 37.3 Å². The second kappa shape index (κ2) is 7.01. The minimum atomic E-state index is -2.96. The summed E-state index contributed by atoms with van der Waals surface area (Å²) in [7, 11) is -2.96. The SMILES string of the molecule is Cc1ccc(NC(=O)c2cccc(NC3=N[C@H]4CS(=O)(=O)C[C@@H]4S3)c2)cc1. The lowest BCUT2D eigenvalue weighted by Crippen LogP contribution is -2.14. The quantitative estimate of drug-likeness (QED) is 0.826. The molecule has 0 spiro atoms. The Labute approximate surface area is 162 Å². The monoisotopic (exact) mass is 401 g/mol. The molecular formula is C19H19N3O3S2. The second-order valence-corrected chi connectivity index (χ2v) is 10.1. The number of carbonyl (C=O) groups is 1. The Balaban J connectivity index is 1.44. The highest BCUT2D eigenvalue weighted by Gasteiger charge is 2.42. The van der Waals surface area contributed by atoms with Gasteiger partial charge in [0.2, 0.25) is 0 Å². The van der Waals surface area contributed by atoms with Gasteiger partial charge >= 0.3 is 0 Å². The average molecular weight is 402 g/mol. The van der Waals surface area contributed by atoms with Crippen molar-refractivity contribution in [2.45, 2.75) is 18.2 Å². The van der Waals surface area contributed by atoms with Crippen molar-refractivity contribution >= 4 is 44.0 Å². The number of fused-ring (bicyclic) bond motifs is 1. The lowest BCUT2D eigenvalue weighted by molar-refractivity contribution is 0.102. The Hall–Kier alpha value is -2.32. The topological polar surface area (TPSA) is 87.6 Å². The van der Waals surface area contributed by atoms with Crippen LogP contribution >= 0.6 is 11.8 Å². The van der Waals surface area contributed by atoms with E-state index in [2.05, 4.69) is 15.6 Å². The number of amidine groups is 1. The predicted octanol–water partition coefficient (Wildman–Crippen LogP) is 2.93. The van der Waals surface area contributed by atoms with Gasteiger partial charge in [0.15, 0.2) is 15.0 Å². The molecule has 1 amide bonds. The van der Waals surface area contributed by atoms with Crippen molar-refractivity contribution in [1.29, 1.82) is 0 Å². The molecule has 2 heterocycles. The maximum absolute atomic E-state index is 12.5. The smallest absolute Gasteiger partial charge is 0.255 e. The number of amides is 1. The number of nitrogens with one attached hydrogen (secondary N) is 2. The molecule has 2 atom stereocenters. The number of benzene rings is 2. The molecule has 140 valence electrons. The van der Waals surface area contributed by atoms with Gasteiger partial charge in [-0.3, -0.25) is 9.79 Å². The van der Waals surface area contributed by atoms with Gasteiger partial charge in [-0.1, -0.05) is 35.5 Å². The zero-order valence-corrected chi connectivity index (χ0v) is 16.3. The van der Waals surface area contributed by atoms with Crippen molar-refractivity contribution < 1.29 is 13.2 Å². The maximum Gasteiger partial charge on any atom is 0.255 e. The number of hydrogen-bond acceptors (Lipinski definition) is 6. The number of aryl methyl sites for hydroxylation is 1. The molecule has 0 aromatic heterocycles. The van der Waals surface area contributed by atoms with Crippen LogP contribution in [0.15, 0.2) is 53.5 Å². The number of thioether (sulfide) groups is 1. The van der Waals surface area contributed by atoms with Gasteiger partial charge in [-0.2, -0.15) is 0 Å². The van der Waals surface area contributed by atoms with Crippen molar-refractivity contribution in [1.82, 2.24) is 0 Å². The first-order valence-corrected chi connectivity index (χ1v) is 11.3. The Bertz CT molecular complexity index is 1020. The number of nitrogens with zero attached hydrogens (tertiary/aromatic N) is 1. The van der Waals surface area contributed by atoms with Crippen molar-refractivity contribution in [2.24, 2.45) is 4.99 Å². The van der Waals surface area contributed by atoms with Crippen LogP contribution in [-0.4, -0.2) is 42.3 Å². The van der Waals surface area contributed by atoms with Gasteiger partial charge in [-0.15, -0.1) is 0 Å². The number of sulfone groups is 1. The molecule has 0 radical (unpaired) electrons. The molecule has 8 heteroatoms. The third-order valence-corrected chi connectivity index (χ3v) is 7.65. The van der Waals surface area contributed by atoms with Gasteiger partial charge < -0.3 is 10.6 Å². The zero-order valence-electron chi connectivity index (χ0n) is 14.7. The van der Waals surface area contributed by atoms with Crippen molar-refractivity contribution in [3.63, 3.8) is 0 Å². The van der Waals surface area contributed by atoms with Gasteiger partial charge in [0.1, 0.15) is 0 Å². The number of rotatable bonds is 3. The minimum Gasteiger partial charge on any atom is -0.335 e. The first kappa shape index (κ1) is 18.1. The molecule has 2 N–H and O–H groups in total. The summed E-state index contributed by atoms with van der Waals surface area (Å²) in [5, 5.41) is 6.78. The average Bonchev–Trinajstić information content (AvgIpc) is 3.09. The van der Waals surface area contributed by atoms with Crippen LogP contribution < -0.4 is 10.6 Å². The Morgan fingerprint density at radius 2 is 1.89 bits per heavy atom. The Kier molecular flexibility index (Phi) is 4.69. The van der Waals surface area contributed by atoms with Crippen LogP contribution in [0.3, 0.4) is 0 Å². The van der Waals surface area contributed by atoms with Crippen LogP contribution in [0.2, 0.25) is 0 Å². The first-order chi connectivity index (χ1) is 12.9. The standard InChI is InChI=1S/C19H19N3O3S2/c1-12-5-7-14(8-6-12)20-18(23)13-3-2-4-15(9-13)21-19-22-16-10-27(24,25)11-17(16)26-19/h2-9,16-17H,10-11H2,1H3,(H,20,23)(H,21,22)/t16-,17-/m0/s1. The van der Waals surface area contributed by atoms with E-state index in [0.717, 1.165) is 16.9 Å². The number of anilines is 2. The summed E-state index contributed by atoms with van der Waals surface area (Å²) in [6.07, 6.45) is 0. The lowest BCUT2D eigenvalue weighted by Gasteiger charge is -2.09. The van der Waals surface area contributed by atoms with Gasteiger partial charge in [0.05, 0.1) is 17.5 Å². The third-order valence-electron chi connectivity index (χ3n) is 4.50. The maximum atomic E-state index is 12.5. The molecule has 2 aliphatic heterocycles. The predicted molar refractivity (Wildman–Crippen MR) is 110 cm³/mol. The fourth-order valence-corrected chi connectivity index (χ4v) is 6.79. The number of hydrogen-bond donors (Lipinski definition) is 2. The van der Waals surface area contributed by atoms with Crippen molar-refractivity contribution in [3.05, 3.63) is 59.7 Å². The second-order valence-electron chi connectivity index (χ2n) is 6.76. The zero-order chi connectivity index (χ0) is 19.0. The summed E-state index contributed by atoms with van der Waals surface area (Å²) in [5.41, 5.74) is 3.16. The molecule has 27 heavy (non-hydrogen) atoms. The molecule has 1 saturated heterocycles. The van der Waals surface area contributed by atoms with Crippen LogP contribution in [0.25, 0.3) is 0 Å². The van der Waals surface area contributed by atoms with Crippen LogP contribution in [0.5, 0.6) is 0 Å². The number of carbonyl (C=O) groups excluding carboxylic acids is 1. The fraction of sp³-hybridized carbons (Fsp3) is 0.263. The third kappa shape index (κ3) is 4.17. The largest absolute Gasteiger partial charge is 0.335 e. The van der Waals surface area contributed by atoms with E-state index in [4.69, 9.17) is 0 Å². The first-order valence-electron chi connectivity index (χ1n) is 8.58. The molecule has 0 unspecified atom stereocenters. The lowest BCUT2D eigenvalue weighted by atomic mass is 10.1.